The first-order chi connectivity index (χ1) is 17.5. The zero-order valence-electron chi connectivity index (χ0n) is 25.3. The fraction of sp³-hybridized carbons (Fsp3) is 0.529. The minimum atomic E-state index is -0.0799. The maximum Gasteiger partial charge on any atom is 0.149 e. The summed E-state index contributed by atoms with van der Waals surface area (Å²) < 4.78 is 2.38. The SMILES string of the molecule is C=C.CC.CC.CCC1CC2(C)CC(C)(C)c3cc4c(cc32)nc2c3c1cccc3nc(C(C)(C)C)n42. The van der Waals surface area contributed by atoms with Crippen molar-refractivity contribution in [3.05, 3.63) is 66.0 Å². The van der Waals surface area contributed by atoms with Crippen molar-refractivity contribution in [3.8, 4) is 0 Å². The number of nitrogens with zero attached hydrogens (tertiary/aromatic N) is 3. The maximum atomic E-state index is 5.29. The van der Waals surface area contributed by atoms with Gasteiger partial charge in [0.05, 0.1) is 16.6 Å². The second kappa shape index (κ2) is 10.2. The van der Waals surface area contributed by atoms with E-state index in [0.29, 0.717) is 5.92 Å². The van der Waals surface area contributed by atoms with E-state index in [0.717, 1.165) is 28.9 Å². The lowest BCUT2D eigenvalue weighted by Gasteiger charge is -2.32. The molecule has 3 nitrogen and oxygen atoms in total. The summed E-state index contributed by atoms with van der Waals surface area (Å²) in [4.78, 5) is 10.6. The second-order valence-corrected chi connectivity index (χ2v) is 12.0. The van der Waals surface area contributed by atoms with Crippen LogP contribution in [0.15, 0.2) is 43.5 Å². The quantitative estimate of drug-likeness (QED) is 0.244. The molecule has 3 heteroatoms. The van der Waals surface area contributed by atoms with E-state index in [4.69, 9.17) is 9.97 Å². The van der Waals surface area contributed by atoms with Gasteiger partial charge >= 0.3 is 0 Å². The van der Waals surface area contributed by atoms with E-state index in [1.54, 1.807) is 0 Å². The molecule has 2 aliphatic rings. The Hall–Kier alpha value is -2.68. The smallest absolute Gasteiger partial charge is 0.149 e. The zero-order chi connectivity index (χ0) is 27.9. The van der Waals surface area contributed by atoms with Crippen LogP contribution in [0.25, 0.3) is 27.6 Å². The lowest BCUT2D eigenvalue weighted by Crippen LogP contribution is -2.25. The van der Waals surface area contributed by atoms with Crippen LogP contribution in [0.1, 0.15) is 124 Å². The summed E-state index contributed by atoms with van der Waals surface area (Å²) in [7, 11) is 0. The van der Waals surface area contributed by atoms with Gasteiger partial charge in [0.2, 0.25) is 0 Å². The number of hydrogen-bond acceptors (Lipinski definition) is 2. The van der Waals surface area contributed by atoms with Crippen molar-refractivity contribution in [1.29, 1.82) is 0 Å². The molecule has 0 fully saturated rings. The van der Waals surface area contributed by atoms with Gasteiger partial charge in [-0.1, -0.05) is 88.3 Å². The molecular formula is C34H49N3. The topological polar surface area (TPSA) is 30.2 Å². The second-order valence-electron chi connectivity index (χ2n) is 12.0. The molecule has 0 saturated heterocycles. The number of aromatic nitrogens is 3. The average Bonchev–Trinajstić information content (AvgIpc) is 3.35. The molecule has 2 aromatic heterocycles. The largest absolute Gasteiger partial charge is 0.279 e. The molecule has 2 atom stereocenters. The summed E-state index contributed by atoms with van der Waals surface area (Å²) in [6.45, 7) is 30.5. The van der Waals surface area contributed by atoms with Gasteiger partial charge in [0, 0.05) is 10.8 Å². The minimum absolute atomic E-state index is 0.0799. The molecule has 1 aliphatic carbocycles. The van der Waals surface area contributed by atoms with Gasteiger partial charge in [-0.15, -0.1) is 13.2 Å². The molecule has 0 amide bonds. The molecule has 1 aliphatic heterocycles. The molecule has 200 valence electrons. The van der Waals surface area contributed by atoms with Crippen molar-refractivity contribution < 1.29 is 0 Å². The molecule has 4 aromatic rings. The highest BCUT2D eigenvalue weighted by molar-refractivity contribution is 5.99. The van der Waals surface area contributed by atoms with Crippen molar-refractivity contribution in [3.63, 3.8) is 0 Å². The first-order valence-corrected chi connectivity index (χ1v) is 14.3. The van der Waals surface area contributed by atoms with Crippen molar-refractivity contribution in [2.24, 2.45) is 0 Å². The molecule has 0 N–H and O–H groups in total. The van der Waals surface area contributed by atoms with Gasteiger partial charge in [0.1, 0.15) is 11.5 Å². The lowest BCUT2D eigenvalue weighted by molar-refractivity contribution is 0.328. The molecule has 2 unspecified atom stereocenters. The third kappa shape index (κ3) is 4.39. The fourth-order valence-electron chi connectivity index (χ4n) is 6.83. The van der Waals surface area contributed by atoms with E-state index in [9.17, 15) is 0 Å². The Bertz CT molecular complexity index is 1420. The van der Waals surface area contributed by atoms with E-state index in [1.165, 1.54) is 40.4 Å². The van der Waals surface area contributed by atoms with E-state index in [-0.39, 0.29) is 16.2 Å². The molecule has 3 bridgehead atoms. The normalized spacial score (nSPS) is 21.0. The van der Waals surface area contributed by atoms with Crippen LogP contribution in [0.5, 0.6) is 0 Å². The lowest BCUT2D eigenvalue weighted by atomic mass is 9.72. The number of hydrogen-bond donors (Lipinski definition) is 0. The third-order valence-electron chi connectivity index (χ3n) is 8.04. The van der Waals surface area contributed by atoms with Gasteiger partial charge in [0.25, 0.3) is 0 Å². The highest BCUT2D eigenvalue weighted by Gasteiger charge is 2.46. The highest BCUT2D eigenvalue weighted by atomic mass is 15.1. The molecule has 0 spiro atoms. The Labute approximate surface area is 225 Å². The monoisotopic (exact) mass is 499 g/mol. The van der Waals surface area contributed by atoms with Crippen LogP contribution in [0.2, 0.25) is 0 Å². The van der Waals surface area contributed by atoms with Crippen LogP contribution >= 0.6 is 0 Å². The molecule has 3 heterocycles. The van der Waals surface area contributed by atoms with Crippen molar-refractivity contribution in [1.82, 2.24) is 14.4 Å². The van der Waals surface area contributed by atoms with Gasteiger partial charge < -0.3 is 0 Å². The molecule has 0 saturated carbocycles. The highest BCUT2D eigenvalue weighted by Crippen LogP contribution is 2.55. The van der Waals surface area contributed by atoms with E-state index in [2.05, 4.69) is 96.4 Å². The predicted octanol–water partition coefficient (Wildman–Crippen LogP) is 10.0. The summed E-state index contributed by atoms with van der Waals surface area (Å²) >= 11 is 0. The summed E-state index contributed by atoms with van der Waals surface area (Å²) in [5.74, 6) is 1.60. The van der Waals surface area contributed by atoms with Crippen LogP contribution in [0.4, 0.5) is 0 Å². The summed E-state index contributed by atoms with van der Waals surface area (Å²) in [5.41, 5.74) is 9.22. The Morgan fingerprint density at radius 2 is 1.59 bits per heavy atom. The minimum Gasteiger partial charge on any atom is -0.279 e. The van der Waals surface area contributed by atoms with Crippen molar-refractivity contribution in [2.75, 3.05) is 0 Å². The molecule has 2 aromatic carbocycles. The Morgan fingerprint density at radius 1 is 0.946 bits per heavy atom. The van der Waals surface area contributed by atoms with Crippen molar-refractivity contribution in [2.45, 2.75) is 118 Å². The van der Waals surface area contributed by atoms with Gasteiger partial charge in [-0.3, -0.25) is 4.40 Å². The first kappa shape index (κ1) is 28.9. The Kier molecular flexibility index (Phi) is 7.99. The van der Waals surface area contributed by atoms with Gasteiger partial charge in [-0.25, -0.2) is 9.97 Å². The predicted molar refractivity (Wildman–Crippen MR) is 163 cm³/mol. The van der Waals surface area contributed by atoms with Crippen LogP contribution in [-0.2, 0) is 16.2 Å². The molecule has 6 rings (SSSR count). The summed E-state index contributed by atoms with van der Waals surface area (Å²) in [6.07, 6.45) is 3.51. The van der Waals surface area contributed by atoms with Gasteiger partial charge in [-0.05, 0) is 70.9 Å². The van der Waals surface area contributed by atoms with Gasteiger partial charge in [0.15, 0.2) is 0 Å². The number of imidazole rings is 1. The number of benzene rings is 2. The zero-order valence-corrected chi connectivity index (χ0v) is 25.3. The standard InChI is InChI=1S/C28H33N3.2C2H6.C2H4/c1-8-16-14-28(7)15-27(5,6)18-13-22-21(12-19(18)28)29-24-23-17(16)10-9-11-20(23)30-25(31(22)24)26(2,3)4;3*1-2/h9-13,16H,8,14-15H2,1-7H3;2*1-2H3;1-2H2. The van der Waals surface area contributed by atoms with Crippen molar-refractivity contribution >= 4 is 27.6 Å². The third-order valence-corrected chi connectivity index (χ3v) is 8.04. The van der Waals surface area contributed by atoms with Crippen LogP contribution < -0.4 is 0 Å². The summed E-state index contributed by atoms with van der Waals surface area (Å²) in [5, 5.41) is 1.26. The molecule has 37 heavy (non-hydrogen) atoms. The number of rotatable bonds is 1. The van der Waals surface area contributed by atoms with E-state index in [1.807, 2.05) is 27.7 Å². The van der Waals surface area contributed by atoms with Crippen LogP contribution in [0.3, 0.4) is 0 Å². The fourth-order valence-corrected chi connectivity index (χ4v) is 6.83. The summed E-state index contributed by atoms with van der Waals surface area (Å²) in [6, 6.07) is 11.6. The molecular weight excluding hydrogens is 450 g/mol. The Balaban J connectivity index is 0.000000593. The van der Waals surface area contributed by atoms with E-state index >= 15 is 0 Å². The average molecular weight is 500 g/mol. The maximum absolute atomic E-state index is 5.29. The molecule has 0 radical (unpaired) electrons. The van der Waals surface area contributed by atoms with Gasteiger partial charge in [-0.2, -0.15) is 0 Å². The van der Waals surface area contributed by atoms with Crippen LogP contribution in [0, 0.1) is 0 Å². The Morgan fingerprint density at radius 3 is 2.19 bits per heavy atom. The van der Waals surface area contributed by atoms with E-state index < -0.39 is 0 Å². The first-order valence-electron chi connectivity index (χ1n) is 14.3. The number of fused-ring (bicyclic) bond motifs is 1. The van der Waals surface area contributed by atoms with Crippen LogP contribution in [-0.4, -0.2) is 14.4 Å².